The van der Waals surface area contributed by atoms with Crippen LogP contribution in [0.25, 0.3) is 22.5 Å². The highest BCUT2D eigenvalue weighted by molar-refractivity contribution is 9.11. The molecule has 4 aromatic rings. The minimum atomic E-state index is 0.472. The molecule has 0 saturated carbocycles. The number of aromatic nitrogens is 6. The molecule has 0 fully saturated rings. The second-order valence-electron chi connectivity index (χ2n) is 6.66. The summed E-state index contributed by atoms with van der Waals surface area (Å²) >= 11 is 12.7. The van der Waals surface area contributed by atoms with Gasteiger partial charge in [0, 0.05) is 64.1 Å². The molecular weight excluding hydrogens is 534 g/mol. The van der Waals surface area contributed by atoms with E-state index in [1.165, 1.54) is 0 Å². The second-order valence-corrected chi connectivity index (χ2v) is 8.76. The van der Waals surface area contributed by atoms with Crippen molar-refractivity contribution in [3.8, 4) is 22.5 Å². The van der Waals surface area contributed by atoms with E-state index in [0.29, 0.717) is 5.15 Å². The zero-order valence-corrected chi connectivity index (χ0v) is 20.8. The number of aryl methyl sites for hydroxylation is 2. The summed E-state index contributed by atoms with van der Waals surface area (Å²) in [7, 11) is 7.72. The molecule has 4 rings (SSSR count). The first kappa shape index (κ1) is 22.5. The summed E-state index contributed by atoms with van der Waals surface area (Å²) in [5.41, 5.74) is 3.83. The zero-order valence-electron chi connectivity index (χ0n) is 16.9. The molecule has 10 heteroatoms. The summed E-state index contributed by atoms with van der Waals surface area (Å²) in [5.74, 6) is 0.926. The molecule has 0 saturated heterocycles. The van der Waals surface area contributed by atoms with Gasteiger partial charge in [-0.3, -0.25) is 9.36 Å². The monoisotopic (exact) mass is 551 g/mol. The van der Waals surface area contributed by atoms with E-state index in [-0.39, 0.29) is 0 Å². The number of halogens is 3. The van der Waals surface area contributed by atoms with Crippen LogP contribution in [-0.4, -0.2) is 43.6 Å². The van der Waals surface area contributed by atoms with Crippen molar-refractivity contribution in [2.24, 2.45) is 14.1 Å². The van der Waals surface area contributed by atoms with Crippen LogP contribution in [0.15, 0.2) is 58.0 Å². The Hall–Kier alpha value is -2.23. The number of anilines is 1. The third kappa shape index (κ3) is 5.47. The van der Waals surface area contributed by atoms with E-state index in [2.05, 4.69) is 52.0 Å². The molecule has 0 bridgehead atoms. The van der Waals surface area contributed by atoms with Gasteiger partial charge in [0.2, 0.25) is 0 Å². The summed E-state index contributed by atoms with van der Waals surface area (Å²) in [4.78, 5) is 10.2. The molecule has 0 atom stereocenters. The molecular formula is C20H20Br2ClN7. The van der Waals surface area contributed by atoms with Crippen molar-refractivity contribution in [2.75, 3.05) is 19.0 Å². The topological polar surface area (TPSA) is 64.7 Å². The molecule has 7 nitrogen and oxygen atoms in total. The lowest BCUT2D eigenvalue weighted by molar-refractivity contribution is 0.770. The smallest absolute Gasteiger partial charge is 0.129 e. The molecule has 4 heterocycles. The molecule has 0 aliphatic carbocycles. The molecule has 0 unspecified atom stereocenters. The first-order chi connectivity index (χ1) is 14.2. The molecule has 0 radical (unpaired) electrons. The Bertz CT molecular complexity index is 1150. The van der Waals surface area contributed by atoms with Crippen LogP contribution in [-0.2, 0) is 14.1 Å². The Kier molecular flexibility index (Phi) is 7.27. The quantitative estimate of drug-likeness (QED) is 0.326. The standard InChI is InChI=1S/C11H13BrN4.C9H7BrClN3/c1-15(2)10-6-8(4-5-13-10)11-9(12)7-16(3)14-11;1-14-5-7(10)9(13-14)6-2-3-12-8(11)4-6/h4-7H,1-3H3;2-5H,1H3. The minimum absolute atomic E-state index is 0.472. The third-order valence-electron chi connectivity index (χ3n) is 4.05. The zero-order chi connectivity index (χ0) is 21.8. The van der Waals surface area contributed by atoms with Gasteiger partial charge >= 0.3 is 0 Å². The summed E-state index contributed by atoms with van der Waals surface area (Å²) in [6, 6.07) is 7.64. The lowest BCUT2D eigenvalue weighted by Gasteiger charge is -2.11. The number of hydrogen-bond donors (Lipinski definition) is 0. The van der Waals surface area contributed by atoms with Crippen molar-refractivity contribution >= 4 is 49.3 Å². The number of pyridine rings is 2. The number of rotatable bonds is 3. The van der Waals surface area contributed by atoms with Gasteiger partial charge in [0.15, 0.2) is 0 Å². The molecule has 30 heavy (non-hydrogen) atoms. The van der Waals surface area contributed by atoms with E-state index < -0.39 is 0 Å². The largest absolute Gasteiger partial charge is 0.363 e. The minimum Gasteiger partial charge on any atom is -0.363 e. The Balaban J connectivity index is 0.000000172. The average molecular weight is 554 g/mol. The summed E-state index contributed by atoms with van der Waals surface area (Å²) in [5, 5.41) is 9.18. The highest BCUT2D eigenvalue weighted by Crippen LogP contribution is 2.28. The lowest BCUT2D eigenvalue weighted by atomic mass is 10.2. The molecule has 156 valence electrons. The summed E-state index contributed by atoms with van der Waals surface area (Å²) < 4.78 is 5.47. The number of hydrogen-bond acceptors (Lipinski definition) is 5. The Morgan fingerprint density at radius 1 is 0.833 bits per heavy atom. The van der Waals surface area contributed by atoms with E-state index in [4.69, 9.17) is 11.6 Å². The third-order valence-corrected chi connectivity index (χ3v) is 5.41. The molecule has 0 aromatic carbocycles. The van der Waals surface area contributed by atoms with Crippen LogP contribution in [0.2, 0.25) is 5.15 Å². The van der Waals surface area contributed by atoms with Crippen LogP contribution in [0.1, 0.15) is 0 Å². The van der Waals surface area contributed by atoms with Crippen LogP contribution in [0.4, 0.5) is 5.82 Å². The Morgan fingerprint density at radius 2 is 1.33 bits per heavy atom. The predicted octanol–water partition coefficient (Wildman–Crippen LogP) is 5.21. The summed E-state index contributed by atoms with van der Waals surface area (Å²) in [6.45, 7) is 0. The predicted molar refractivity (Wildman–Crippen MR) is 128 cm³/mol. The maximum absolute atomic E-state index is 5.79. The fourth-order valence-corrected chi connectivity index (χ4v) is 4.05. The van der Waals surface area contributed by atoms with Gasteiger partial charge in [-0.15, -0.1) is 0 Å². The normalized spacial score (nSPS) is 10.5. The van der Waals surface area contributed by atoms with E-state index in [0.717, 1.165) is 37.3 Å². The van der Waals surface area contributed by atoms with Crippen molar-refractivity contribution in [2.45, 2.75) is 0 Å². The van der Waals surface area contributed by atoms with Crippen LogP contribution in [0.3, 0.4) is 0 Å². The maximum atomic E-state index is 5.79. The summed E-state index contributed by atoms with van der Waals surface area (Å²) in [6.07, 6.45) is 7.29. The molecule has 0 aliphatic rings. The average Bonchev–Trinajstić information content (AvgIpc) is 3.22. The van der Waals surface area contributed by atoms with Crippen molar-refractivity contribution in [1.29, 1.82) is 0 Å². The van der Waals surface area contributed by atoms with Crippen molar-refractivity contribution < 1.29 is 0 Å². The van der Waals surface area contributed by atoms with Crippen LogP contribution in [0, 0.1) is 0 Å². The van der Waals surface area contributed by atoms with E-state index in [9.17, 15) is 0 Å². The van der Waals surface area contributed by atoms with Gasteiger partial charge in [0.1, 0.15) is 22.4 Å². The highest BCUT2D eigenvalue weighted by Gasteiger charge is 2.09. The fraction of sp³-hybridized carbons (Fsp3) is 0.200. The first-order valence-electron chi connectivity index (χ1n) is 8.88. The molecule has 0 N–H and O–H groups in total. The number of nitrogens with zero attached hydrogens (tertiary/aromatic N) is 7. The second kappa shape index (κ2) is 9.72. The van der Waals surface area contributed by atoms with Crippen molar-refractivity contribution in [3.05, 3.63) is 63.2 Å². The fourth-order valence-electron chi connectivity index (χ4n) is 2.67. The van der Waals surface area contributed by atoms with Gasteiger partial charge < -0.3 is 4.90 Å². The molecule has 0 aliphatic heterocycles. The van der Waals surface area contributed by atoms with E-state index in [1.807, 2.05) is 63.7 Å². The van der Waals surface area contributed by atoms with Gasteiger partial charge in [-0.05, 0) is 56.1 Å². The van der Waals surface area contributed by atoms with Gasteiger partial charge in [-0.2, -0.15) is 10.2 Å². The SMILES string of the molecule is CN(C)c1cc(-c2nn(C)cc2Br)ccn1.Cn1cc(Br)c(-c2ccnc(Cl)c2)n1. The van der Waals surface area contributed by atoms with Crippen LogP contribution >= 0.6 is 43.5 Å². The Morgan fingerprint density at radius 3 is 1.77 bits per heavy atom. The van der Waals surface area contributed by atoms with Gasteiger partial charge in [-0.25, -0.2) is 9.97 Å². The van der Waals surface area contributed by atoms with Gasteiger partial charge in [-0.1, -0.05) is 11.6 Å². The van der Waals surface area contributed by atoms with Gasteiger partial charge in [0.05, 0.1) is 8.95 Å². The van der Waals surface area contributed by atoms with Crippen molar-refractivity contribution in [3.63, 3.8) is 0 Å². The van der Waals surface area contributed by atoms with Gasteiger partial charge in [0.25, 0.3) is 0 Å². The highest BCUT2D eigenvalue weighted by atomic mass is 79.9. The van der Waals surface area contributed by atoms with E-state index >= 15 is 0 Å². The molecule has 0 amide bonds. The van der Waals surface area contributed by atoms with E-state index in [1.54, 1.807) is 27.8 Å². The van der Waals surface area contributed by atoms with Crippen molar-refractivity contribution in [1.82, 2.24) is 29.5 Å². The molecule has 0 spiro atoms. The molecule has 4 aromatic heterocycles. The van der Waals surface area contributed by atoms with Crippen LogP contribution in [0.5, 0.6) is 0 Å². The van der Waals surface area contributed by atoms with Crippen LogP contribution < -0.4 is 4.90 Å². The lowest BCUT2D eigenvalue weighted by Crippen LogP contribution is -2.10. The maximum Gasteiger partial charge on any atom is 0.129 e. The first-order valence-corrected chi connectivity index (χ1v) is 10.8. The Labute approximate surface area is 197 Å².